The topological polar surface area (TPSA) is 29.9 Å². The second kappa shape index (κ2) is 8.64. The summed E-state index contributed by atoms with van der Waals surface area (Å²) in [4.78, 5) is 0. The zero-order valence-electron chi connectivity index (χ0n) is 13.1. The molecule has 1 unspecified atom stereocenters. The van der Waals surface area contributed by atoms with Crippen LogP contribution in [0.4, 0.5) is 0 Å². The highest BCUT2D eigenvalue weighted by Gasteiger charge is 2.13. The molecule has 4 heteroatoms. The first kappa shape index (κ1) is 16.6. The summed E-state index contributed by atoms with van der Waals surface area (Å²) in [5.41, 5.74) is 2.54. The summed E-state index contributed by atoms with van der Waals surface area (Å²) in [6.45, 7) is 10.0. The van der Waals surface area contributed by atoms with Crippen molar-refractivity contribution in [2.24, 2.45) is 7.05 Å². The van der Waals surface area contributed by atoms with Gasteiger partial charge in [-0.1, -0.05) is 27.7 Å². The molecule has 1 aromatic heterocycles. The largest absolute Gasteiger partial charge is 0.313 e. The van der Waals surface area contributed by atoms with E-state index < -0.39 is 0 Å². The van der Waals surface area contributed by atoms with Crippen LogP contribution in [0.3, 0.4) is 0 Å². The van der Waals surface area contributed by atoms with Crippen molar-refractivity contribution in [1.29, 1.82) is 0 Å². The van der Waals surface area contributed by atoms with Crippen LogP contribution in [0.25, 0.3) is 0 Å². The van der Waals surface area contributed by atoms with Crippen LogP contribution in [0, 0.1) is 0 Å². The first-order valence-corrected chi connectivity index (χ1v) is 8.48. The molecule has 110 valence electrons. The van der Waals surface area contributed by atoms with Crippen LogP contribution in [0.5, 0.6) is 0 Å². The first-order chi connectivity index (χ1) is 9.06. The summed E-state index contributed by atoms with van der Waals surface area (Å²) >= 11 is 2.04. The molecule has 0 bridgehead atoms. The van der Waals surface area contributed by atoms with Gasteiger partial charge in [-0.05, 0) is 30.7 Å². The van der Waals surface area contributed by atoms with Gasteiger partial charge in [-0.15, -0.1) is 0 Å². The minimum absolute atomic E-state index is 0.549. The number of nitrogens with zero attached hydrogens (tertiary/aromatic N) is 2. The van der Waals surface area contributed by atoms with Gasteiger partial charge in [0.05, 0.1) is 5.69 Å². The van der Waals surface area contributed by atoms with Crippen molar-refractivity contribution in [3.05, 3.63) is 17.5 Å². The van der Waals surface area contributed by atoms with Crippen molar-refractivity contribution in [2.45, 2.75) is 58.2 Å². The molecule has 0 aliphatic heterocycles. The van der Waals surface area contributed by atoms with Crippen molar-refractivity contribution in [1.82, 2.24) is 15.1 Å². The summed E-state index contributed by atoms with van der Waals surface area (Å²) in [5, 5.41) is 8.90. The summed E-state index contributed by atoms with van der Waals surface area (Å²) in [6.07, 6.45) is 3.28. The van der Waals surface area contributed by atoms with Crippen molar-refractivity contribution in [3.63, 3.8) is 0 Å². The molecule has 3 nitrogen and oxygen atoms in total. The first-order valence-electron chi connectivity index (χ1n) is 7.43. The molecule has 0 saturated heterocycles. The minimum atomic E-state index is 0.549. The van der Waals surface area contributed by atoms with Gasteiger partial charge in [0.2, 0.25) is 0 Å². The Hall–Kier alpha value is -0.480. The number of hydrogen-bond acceptors (Lipinski definition) is 3. The van der Waals surface area contributed by atoms with Gasteiger partial charge >= 0.3 is 0 Å². The molecule has 0 radical (unpaired) electrons. The zero-order valence-corrected chi connectivity index (χ0v) is 13.9. The van der Waals surface area contributed by atoms with E-state index in [1.54, 1.807) is 0 Å². The Kier molecular flexibility index (Phi) is 7.54. The van der Waals surface area contributed by atoms with E-state index >= 15 is 0 Å². The lowest BCUT2D eigenvalue weighted by atomic mass is 10.1. The van der Waals surface area contributed by atoms with E-state index in [0.29, 0.717) is 11.3 Å². The maximum Gasteiger partial charge on any atom is 0.0624 e. The van der Waals surface area contributed by atoms with Crippen LogP contribution in [-0.4, -0.2) is 33.4 Å². The second-order valence-electron chi connectivity index (χ2n) is 5.34. The lowest BCUT2D eigenvalue weighted by Gasteiger charge is -2.19. The molecule has 0 spiro atoms. The fourth-order valence-corrected chi connectivity index (χ4v) is 2.89. The Morgan fingerprint density at radius 1 is 1.37 bits per heavy atom. The van der Waals surface area contributed by atoms with Crippen molar-refractivity contribution >= 4 is 11.8 Å². The van der Waals surface area contributed by atoms with Gasteiger partial charge in [-0.2, -0.15) is 16.9 Å². The summed E-state index contributed by atoms with van der Waals surface area (Å²) in [7, 11) is 2.06. The Labute approximate surface area is 122 Å². The summed E-state index contributed by atoms with van der Waals surface area (Å²) in [5.74, 6) is 1.17. The number of aromatic nitrogens is 2. The molecular weight excluding hydrogens is 254 g/mol. The Morgan fingerprint density at radius 2 is 2.11 bits per heavy atom. The van der Waals surface area contributed by atoms with Crippen LogP contribution in [0.2, 0.25) is 0 Å². The van der Waals surface area contributed by atoms with Gasteiger partial charge in [0, 0.05) is 31.0 Å². The third-order valence-electron chi connectivity index (χ3n) is 3.16. The molecule has 0 saturated carbocycles. The number of aryl methyl sites for hydroxylation is 2. The molecule has 19 heavy (non-hydrogen) atoms. The zero-order chi connectivity index (χ0) is 14.3. The summed E-state index contributed by atoms with van der Waals surface area (Å²) < 4.78 is 2.04. The molecule has 0 amide bonds. The summed E-state index contributed by atoms with van der Waals surface area (Å²) in [6, 6.07) is 2.80. The standard InChI is InChI=1S/C15H29N3S/c1-6-8-16-14(11-19-12(3)4)10-15-9-13(7-2)17-18(15)5/h9,12,14,16H,6-8,10-11H2,1-5H3. The predicted octanol–water partition coefficient (Wildman–Crippen LogP) is 3.03. The average molecular weight is 283 g/mol. The average Bonchev–Trinajstić information content (AvgIpc) is 2.73. The smallest absolute Gasteiger partial charge is 0.0624 e. The van der Waals surface area contributed by atoms with E-state index in [1.165, 1.54) is 23.6 Å². The molecule has 0 fully saturated rings. The normalized spacial score (nSPS) is 13.2. The van der Waals surface area contributed by atoms with Crippen molar-refractivity contribution < 1.29 is 0 Å². The lowest BCUT2D eigenvalue weighted by Crippen LogP contribution is -2.35. The highest BCUT2D eigenvalue weighted by molar-refractivity contribution is 7.99. The fraction of sp³-hybridized carbons (Fsp3) is 0.800. The highest BCUT2D eigenvalue weighted by atomic mass is 32.2. The van der Waals surface area contributed by atoms with E-state index in [0.717, 1.165) is 19.4 Å². The van der Waals surface area contributed by atoms with E-state index in [1.807, 2.05) is 16.4 Å². The van der Waals surface area contributed by atoms with E-state index in [4.69, 9.17) is 0 Å². The maximum atomic E-state index is 4.54. The molecule has 1 atom stereocenters. The molecule has 1 aromatic rings. The maximum absolute atomic E-state index is 4.54. The Morgan fingerprint density at radius 3 is 2.63 bits per heavy atom. The van der Waals surface area contributed by atoms with Crippen LogP contribution in [0.1, 0.15) is 45.5 Å². The predicted molar refractivity (Wildman–Crippen MR) is 86.0 cm³/mol. The van der Waals surface area contributed by atoms with Crippen LogP contribution in [-0.2, 0) is 19.9 Å². The number of thioether (sulfide) groups is 1. The van der Waals surface area contributed by atoms with Gasteiger partial charge in [0.1, 0.15) is 0 Å². The quantitative estimate of drug-likeness (QED) is 0.755. The van der Waals surface area contributed by atoms with Crippen LogP contribution >= 0.6 is 11.8 Å². The molecule has 0 aliphatic carbocycles. The van der Waals surface area contributed by atoms with E-state index in [2.05, 4.69) is 51.2 Å². The third kappa shape index (κ3) is 6.00. The fourth-order valence-electron chi connectivity index (χ4n) is 2.03. The van der Waals surface area contributed by atoms with Gasteiger partial charge < -0.3 is 5.32 Å². The lowest BCUT2D eigenvalue weighted by molar-refractivity contribution is 0.531. The van der Waals surface area contributed by atoms with Crippen LogP contribution in [0.15, 0.2) is 6.07 Å². The molecule has 0 aliphatic rings. The number of rotatable bonds is 9. The highest BCUT2D eigenvalue weighted by Crippen LogP contribution is 2.14. The van der Waals surface area contributed by atoms with Gasteiger partial charge in [-0.25, -0.2) is 0 Å². The van der Waals surface area contributed by atoms with Gasteiger partial charge in [0.15, 0.2) is 0 Å². The monoisotopic (exact) mass is 283 g/mol. The second-order valence-corrected chi connectivity index (χ2v) is 6.95. The van der Waals surface area contributed by atoms with Gasteiger partial charge in [-0.3, -0.25) is 4.68 Å². The van der Waals surface area contributed by atoms with Crippen molar-refractivity contribution in [3.8, 4) is 0 Å². The molecule has 1 N–H and O–H groups in total. The third-order valence-corrected chi connectivity index (χ3v) is 4.42. The number of nitrogens with one attached hydrogen (secondary N) is 1. The van der Waals surface area contributed by atoms with Crippen LogP contribution < -0.4 is 5.32 Å². The van der Waals surface area contributed by atoms with Crippen molar-refractivity contribution in [2.75, 3.05) is 12.3 Å². The van der Waals surface area contributed by atoms with E-state index in [-0.39, 0.29) is 0 Å². The van der Waals surface area contributed by atoms with E-state index in [9.17, 15) is 0 Å². The Balaban J connectivity index is 2.60. The Bertz CT molecular complexity index is 360. The van der Waals surface area contributed by atoms with Gasteiger partial charge in [0.25, 0.3) is 0 Å². The molecule has 1 heterocycles. The molecular formula is C15H29N3S. The molecule has 0 aromatic carbocycles. The minimum Gasteiger partial charge on any atom is -0.313 e. The molecule has 1 rings (SSSR count). The number of hydrogen-bond donors (Lipinski definition) is 1. The SMILES string of the molecule is CCCNC(CSC(C)C)Cc1cc(CC)nn1C.